The predicted molar refractivity (Wildman–Crippen MR) is 205 cm³/mol. The third-order valence-corrected chi connectivity index (χ3v) is 9.37. The lowest BCUT2D eigenvalue weighted by molar-refractivity contribution is -0.168. The van der Waals surface area contributed by atoms with Gasteiger partial charge in [0.15, 0.2) is 0 Å². The lowest BCUT2D eigenvalue weighted by atomic mass is 9.77. The van der Waals surface area contributed by atoms with E-state index >= 15 is 0 Å². The van der Waals surface area contributed by atoms with E-state index in [1.807, 2.05) is 91.0 Å². The number of carbonyl (C=O) groups excluding carboxylic acids is 6. The summed E-state index contributed by atoms with van der Waals surface area (Å²) in [7, 11) is 0. The maximum atomic E-state index is 14.0. The second kappa shape index (κ2) is 18.8. The van der Waals surface area contributed by atoms with Crippen molar-refractivity contribution in [2.75, 3.05) is 13.2 Å². The average Bonchev–Trinajstić information content (AvgIpc) is 3.55. The first-order valence-electron chi connectivity index (χ1n) is 18.5. The number of esters is 3. The average molecular weight is 773 g/mol. The van der Waals surface area contributed by atoms with Gasteiger partial charge in [0.2, 0.25) is 17.7 Å². The first kappa shape index (κ1) is 43.1. The van der Waals surface area contributed by atoms with E-state index in [4.69, 9.17) is 19.9 Å². The Morgan fingerprint density at radius 3 is 1.79 bits per heavy atom. The summed E-state index contributed by atoms with van der Waals surface area (Å²) in [4.78, 5) is 80.1. The van der Waals surface area contributed by atoms with Gasteiger partial charge >= 0.3 is 17.9 Å². The summed E-state index contributed by atoms with van der Waals surface area (Å²) < 4.78 is 16.0. The minimum absolute atomic E-state index is 0.189. The van der Waals surface area contributed by atoms with Gasteiger partial charge in [0, 0.05) is 32.7 Å². The molecule has 0 aliphatic carbocycles. The molecule has 3 aromatic carbocycles. The molecule has 0 saturated carbocycles. The molecule has 4 rings (SSSR count). The fraction of sp³-hybridized carbons (Fsp3) is 0.429. The van der Waals surface area contributed by atoms with Crippen LogP contribution in [0.3, 0.4) is 0 Å². The van der Waals surface area contributed by atoms with Crippen LogP contribution in [0.15, 0.2) is 91.0 Å². The molecule has 0 spiro atoms. The van der Waals surface area contributed by atoms with Gasteiger partial charge in [0.25, 0.3) is 0 Å². The van der Waals surface area contributed by atoms with E-state index in [0.717, 1.165) is 28.5 Å². The summed E-state index contributed by atoms with van der Waals surface area (Å²) in [6, 6.07) is 24.0. The number of amides is 3. The standard InChI is InChI=1S/C42H52N4O10/c1-26(35(55-28(3)48)25-54-27(2)47)37(40(53)56-41(4,5)6)44-38(51)34-22-32(49)24-46(34)39(52)33(43)23-36(50)45-42(29-16-10-7-11-17-29,30-18-12-8-13-19-30)31-20-14-9-15-21-31/h7-21,26,32-35,37,49H,22-25,43H2,1-6H3,(H,44,51)(H,45,50)/t26-,32+,33-,34-,35-,37-/m0/s1. The monoisotopic (exact) mass is 772 g/mol. The molecule has 0 radical (unpaired) electrons. The molecule has 0 aromatic heterocycles. The van der Waals surface area contributed by atoms with Gasteiger partial charge in [-0.2, -0.15) is 0 Å². The molecule has 1 fully saturated rings. The number of ether oxygens (including phenoxy) is 3. The van der Waals surface area contributed by atoms with Crippen LogP contribution in [-0.4, -0.2) is 94.7 Å². The molecule has 1 saturated heterocycles. The highest BCUT2D eigenvalue weighted by Gasteiger charge is 2.45. The molecule has 1 aliphatic rings. The van der Waals surface area contributed by atoms with E-state index in [0.29, 0.717) is 0 Å². The Morgan fingerprint density at radius 2 is 1.34 bits per heavy atom. The lowest BCUT2D eigenvalue weighted by Crippen LogP contribution is -2.58. The van der Waals surface area contributed by atoms with Crippen molar-refractivity contribution in [2.24, 2.45) is 11.7 Å². The second-order valence-corrected chi connectivity index (χ2v) is 14.9. The van der Waals surface area contributed by atoms with E-state index in [9.17, 15) is 33.9 Å². The molecular formula is C42H52N4O10. The van der Waals surface area contributed by atoms with E-state index in [2.05, 4.69) is 10.6 Å². The SMILES string of the molecule is CC(=O)OC[C@H](OC(C)=O)[C@H](C)[C@H](NC(=O)[C@@H]1C[C@@H](O)CN1C(=O)[C@@H](N)CC(=O)NC(c1ccccc1)(c1ccccc1)c1ccccc1)C(=O)OC(C)(C)C. The molecule has 300 valence electrons. The van der Waals surface area contributed by atoms with Crippen molar-refractivity contribution in [1.82, 2.24) is 15.5 Å². The fourth-order valence-electron chi connectivity index (χ4n) is 6.79. The third-order valence-electron chi connectivity index (χ3n) is 9.37. The molecule has 14 heteroatoms. The molecule has 3 amide bonds. The number of carbonyl (C=O) groups is 6. The number of rotatable bonds is 15. The molecule has 0 bridgehead atoms. The first-order valence-corrected chi connectivity index (χ1v) is 18.5. The maximum Gasteiger partial charge on any atom is 0.329 e. The number of likely N-dealkylation sites (tertiary alicyclic amines) is 1. The van der Waals surface area contributed by atoms with Gasteiger partial charge in [-0.25, -0.2) is 4.79 Å². The molecule has 0 unspecified atom stereocenters. The Morgan fingerprint density at radius 1 is 0.839 bits per heavy atom. The number of β-amino-alcohol motifs (C(OH)–C–C–N with tert-alkyl or cyclic N) is 1. The quantitative estimate of drug-likeness (QED) is 0.101. The van der Waals surface area contributed by atoms with Gasteiger partial charge in [0.1, 0.15) is 35.9 Å². The highest BCUT2D eigenvalue weighted by atomic mass is 16.6. The molecule has 3 aromatic rings. The van der Waals surface area contributed by atoms with Gasteiger partial charge in [-0.15, -0.1) is 0 Å². The smallest absolute Gasteiger partial charge is 0.329 e. The van der Waals surface area contributed by atoms with Crippen LogP contribution in [0.4, 0.5) is 0 Å². The summed E-state index contributed by atoms with van der Waals surface area (Å²) in [6.45, 7) is 8.04. The van der Waals surface area contributed by atoms with Gasteiger partial charge in [-0.3, -0.25) is 24.0 Å². The van der Waals surface area contributed by atoms with Crippen molar-refractivity contribution in [3.05, 3.63) is 108 Å². The molecule has 1 aliphatic heterocycles. The van der Waals surface area contributed by atoms with Gasteiger partial charge in [-0.05, 0) is 37.5 Å². The van der Waals surface area contributed by atoms with E-state index in [1.165, 1.54) is 13.8 Å². The normalized spacial score (nSPS) is 17.8. The van der Waals surface area contributed by atoms with Crippen molar-refractivity contribution in [3.8, 4) is 0 Å². The number of hydrogen-bond donors (Lipinski definition) is 4. The summed E-state index contributed by atoms with van der Waals surface area (Å²) in [5.41, 5.74) is 6.58. The van der Waals surface area contributed by atoms with Crippen molar-refractivity contribution in [3.63, 3.8) is 0 Å². The minimum Gasteiger partial charge on any atom is -0.462 e. The van der Waals surface area contributed by atoms with Crippen LogP contribution in [0, 0.1) is 5.92 Å². The summed E-state index contributed by atoms with van der Waals surface area (Å²) >= 11 is 0. The zero-order chi connectivity index (χ0) is 41.2. The van der Waals surface area contributed by atoms with Crippen LogP contribution < -0.4 is 16.4 Å². The fourth-order valence-corrected chi connectivity index (χ4v) is 6.79. The molecule has 56 heavy (non-hydrogen) atoms. The first-order chi connectivity index (χ1) is 26.4. The Bertz CT molecular complexity index is 1740. The highest BCUT2D eigenvalue weighted by Crippen LogP contribution is 2.37. The van der Waals surface area contributed by atoms with Crippen LogP contribution >= 0.6 is 0 Å². The topological polar surface area (TPSA) is 204 Å². The number of nitrogens with zero attached hydrogens (tertiary/aromatic N) is 1. The third kappa shape index (κ3) is 11.0. The van der Waals surface area contributed by atoms with Crippen molar-refractivity contribution >= 4 is 35.6 Å². The molecule has 14 nitrogen and oxygen atoms in total. The number of aliphatic hydroxyl groups is 1. The summed E-state index contributed by atoms with van der Waals surface area (Å²) in [6.07, 6.45) is -2.94. The van der Waals surface area contributed by atoms with E-state index in [-0.39, 0.29) is 13.0 Å². The Balaban J connectivity index is 1.58. The van der Waals surface area contributed by atoms with Crippen molar-refractivity contribution < 1.29 is 48.1 Å². The Labute approximate surface area is 327 Å². The van der Waals surface area contributed by atoms with Crippen LogP contribution in [0.1, 0.15) is 71.1 Å². The van der Waals surface area contributed by atoms with Gasteiger partial charge in [-0.1, -0.05) is 97.9 Å². The van der Waals surface area contributed by atoms with E-state index in [1.54, 1.807) is 20.8 Å². The zero-order valence-corrected chi connectivity index (χ0v) is 32.6. The van der Waals surface area contributed by atoms with Crippen LogP contribution in [0.5, 0.6) is 0 Å². The summed E-state index contributed by atoms with van der Waals surface area (Å²) in [5, 5.41) is 16.5. The largest absolute Gasteiger partial charge is 0.462 e. The van der Waals surface area contributed by atoms with Crippen LogP contribution in [0.2, 0.25) is 0 Å². The molecular weight excluding hydrogens is 720 g/mol. The van der Waals surface area contributed by atoms with Crippen LogP contribution in [0.25, 0.3) is 0 Å². The number of benzene rings is 3. The Hall–Kier alpha value is -5.60. The molecule has 6 atom stereocenters. The molecule has 1 heterocycles. The minimum atomic E-state index is -1.45. The number of nitrogens with one attached hydrogen (secondary N) is 2. The zero-order valence-electron chi connectivity index (χ0n) is 32.6. The maximum absolute atomic E-state index is 14.0. The predicted octanol–water partition coefficient (Wildman–Crippen LogP) is 2.73. The summed E-state index contributed by atoms with van der Waals surface area (Å²) in [5.74, 6) is -5.37. The van der Waals surface area contributed by atoms with Gasteiger partial charge in [0.05, 0.1) is 18.6 Å². The highest BCUT2D eigenvalue weighted by molar-refractivity contribution is 5.94. The number of hydrogen-bond acceptors (Lipinski definition) is 11. The van der Waals surface area contributed by atoms with Gasteiger partial charge < -0.3 is 40.6 Å². The van der Waals surface area contributed by atoms with Crippen LogP contribution in [-0.2, 0) is 48.5 Å². The van der Waals surface area contributed by atoms with E-state index < -0.39 is 96.0 Å². The Kier molecular flexibility index (Phi) is 14.5. The number of nitrogens with two attached hydrogens (primary N) is 1. The van der Waals surface area contributed by atoms with Crippen molar-refractivity contribution in [2.45, 2.75) is 95.9 Å². The lowest BCUT2D eigenvalue weighted by Gasteiger charge is -2.37. The van der Waals surface area contributed by atoms with Crippen molar-refractivity contribution in [1.29, 1.82) is 0 Å². The second-order valence-electron chi connectivity index (χ2n) is 14.9. The molecule has 5 N–H and O–H groups in total. The number of aliphatic hydroxyl groups excluding tert-OH is 1.